The number of nitro groups is 1. The summed E-state index contributed by atoms with van der Waals surface area (Å²) in [6.07, 6.45) is 4.16. The molecule has 0 saturated heterocycles. The second-order valence-corrected chi connectivity index (χ2v) is 5.41. The maximum absolute atomic E-state index is 10.6. The van der Waals surface area contributed by atoms with Crippen LogP contribution in [-0.2, 0) is 6.42 Å². The van der Waals surface area contributed by atoms with Gasteiger partial charge in [0.2, 0.25) is 0 Å². The minimum atomic E-state index is -0.394. The summed E-state index contributed by atoms with van der Waals surface area (Å²) in [5.41, 5.74) is 3.09. The third-order valence-corrected chi connectivity index (χ3v) is 3.88. The second-order valence-electron chi connectivity index (χ2n) is 4.46. The molecule has 0 aliphatic rings. The first kappa shape index (κ1) is 13.4. The third kappa shape index (κ3) is 3.11. The highest BCUT2D eigenvalue weighted by Crippen LogP contribution is 2.23. The lowest BCUT2D eigenvalue weighted by atomic mass is 10.1. The molecule has 0 bridgehead atoms. The topological polar surface area (TPSA) is 68.9 Å². The lowest BCUT2D eigenvalue weighted by Crippen LogP contribution is -1.90. The molecule has 5 nitrogen and oxygen atoms in total. The first-order valence-corrected chi connectivity index (χ1v) is 7.18. The fourth-order valence-corrected chi connectivity index (χ4v) is 2.79. The fourth-order valence-electron chi connectivity index (χ4n) is 1.96. The van der Waals surface area contributed by atoms with E-state index < -0.39 is 4.92 Å². The van der Waals surface area contributed by atoms with E-state index in [0.717, 1.165) is 21.8 Å². The van der Waals surface area contributed by atoms with Crippen molar-refractivity contribution in [3.8, 4) is 11.3 Å². The number of thiazole rings is 1. The predicted octanol–water partition coefficient (Wildman–Crippen LogP) is 3.70. The Labute approximate surface area is 125 Å². The molecule has 0 atom stereocenters. The van der Waals surface area contributed by atoms with Crippen LogP contribution in [-0.4, -0.2) is 14.9 Å². The molecule has 3 aromatic rings. The van der Waals surface area contributed by atoms with Gasteiger partial charge in [0.05, 0.1) is 15.6 Å². The summed E-state index contributed by atoms with van der Waals surface area (Å²) in [7, 11) is 0. The van der Waals surface area contributed by atoms with Gasteiger partial charge >= 0.3 is 0 Å². The lowest BCUT2D eigenvalue weighted by Gasteiger charge is -1.98. The van der Waals surface area contributed by atoms with E-state index in [1.165, 1.54) is 12.1 Å². The fraction of sp³-hybridized carbons (Fsp3) is 0.0667. The van der Waals surface area contributed by atoms with E-state index in [2.05, 4.69) is 9.97 Å². The highest BCUT2D eigenvalue weighted by atomic mass is 32.1. The summed E-state index contributed by atoms with van der Waals surface area (Å²) in [6, 6.07) is 10.4. The summed E-state index contributed by atoms with van der Waals surface area (Å²) in [5.74, 6) is 0. The molecule has 0 unspecified atom stereocenters. The van der Waals surface area contributed by atoms with Crippen molar-refractivity contribution in [2.45, 2.75) is 6.42 Å². The summed E-state index contributed by atoms with van der Waals surface area (Å²) in [4.78, 5) is 18.8. The van der Waals surface area contributed by atoms with E-state index in [1.54, 1.807) is 35.9 Å². The second kappa shape index (κ2) is 5.80. The van der Waals surface area contributed by atoms with Gasteiger partial charge in [-0.25, -0.2) is 4.98 Å². The van der Waals surface area contributed by atoms with Gasteiger partial charge in [0.25, 0.3) is 5.69 Å². The number of pyridine rings is 1. The Morgan fingerprint density at radius 3 is 2.48 bits per heavy atom. The van der Waals surface area contributed by atoms with Crippen molar-refractivity contribution < 1.29 is 4.92 Å². The van der Waals surface area contributed by atoms with E-state index in [4.69, 9.17) is 0 Å². The minimum absolute atomic E-state index is 0.107. The molecule has 0 saturated carbocycles. The Morgan fingerprint density at radius 1 is 1.10 bits per heavy atom. The zero-order valence-electron chi connectivity index (χ0n) is 11.0. The van der Waals surface area contributed by atoms with Crippen LogP contribution < -0.4 is 0 Å². The maximum Gasteiger partial charge on any atom is 0.269 e. The molecule has 0 fully saturated rings. The monoisotopic (exact) mass is 297 g/mol. The molecule has 2 aromatic heterocycles. The van der Waals surface area contributed by atoms with E-state index in [0.29, 0.717) is 6.42 Å². The Kier molecular flexibility index (Phi) is 3.70. The maximum atomic E-state index is 10.6. The quantitative estimate of drug-likeness (QED) is 0.544. The largest absolute Gasteiger partial charge is 0.269 e. The molecule has 0 N–H and O–H groups in total. The Hall–Kier alpha value is -2.60. The number of nitro benzene ring substituents is 1. The summed E-state index contributed by atoms with van der Waals surface area (Å²) in [6.45, 7) is 0. The summed E-state index contributed by atoms with van der Waals surface area (Å²) < 4.78 is 0. The van der Waals surface area contributed by atoms with Crippen LogP contribution in [0.5, 0.6) is 0 Å². The van der Waals surface area contributed by atoms with Gasteiger partial charge in [0.1, 0.15) is 0 Å². The molecule has 6 heteroatoms. The van der Waals surface area contributed by atoms with Gasteiger partial charge in [-0.3, -0.25) is 15.1 Å². The summed E-state index contributed by atoms with van der Waals surface area (Å²) in [5, 5.41) is 13.6. The molecular weight excluding hydrogens is 286 g/mol. The number of non-ortho nitro benzene ring substituents is 1. The molecular formula is C15H11N3O2S. The van der Waals surface area contributed by atoms with Crippen molar-refractivity contribution in [2.75, 3.05) is 0 Å². The molecule has 0 spiro atoms. The molecule has 0 aliphatic heterocycles. The predicted molar refractivity (Wildman–Crippen MR) is 81.2 cm³/mol. The molecule has 21 heavy (non-hydrogen) atoms. The number of rotatable bonds is 4. The lowest BCUT2D eigenvalue weighted by molar-refractivity contribution is -0.384. The van der Waals surface area contributed by atoms with Crippen molar-refractivity contribution >= 4 is 17.0 Å². The van der Waals surface area contributed by atoms with Crippen molar-refractivity contribution in [1.82, 2.24) is 9.97 Å². The van der Waals surface area contributed by atoms with Crippen molar-refractivity contribution in [1.29, 1.82) is 0 Å². The van der Waals surface area contributed by atoms with Crippen molar-refractivity contribution in [2.24, 2.45) is 0 Å². The van der Waals surface area contributed by atoms with Gasteiger partial charge in [-0.1, -0.05) is 12.1 Å². The average Bonchev–Trinajstić information content (AvgIpc) is 2.97. The van der Waals surface area contributed by atoms with E-state index >= 15 is 0 Å². The third-order valence-electron chi connectivity index (χ3n) is 3.03. The Balaban J connectivity index is 1.77. The van der Waals surface area contributed by atoms with Crippen LogP contribution in [0.2, 0.25) is 0 Å². The first-order valence-electron chi connectivity index (χ1n) is 6.30. The van der Waals surface area contributed by atoms with E-state index in [-0.39, 0.29) is 5.69 Å². The first-order chi connectivity index (χ1) is 10.2. The van der Waals surface area contributed by atoms with E-state index in [9.17, 15) is 10.1 Å². The number of aromatic nitrogens is 2. The molecule has 104 valence electrons. The van der Waals surface area contributed by atoms with Crippen LogP contribution in [0.15, 0.2) is 54.2 Å². The summed E-state index contributed by atoms with van der Waals surface area (Å²) >= 11 is 1.58. The van der Waals surface area contributed by atoms with Gasteiger partial charge < -0.3 is 0 Å². The van der Waals surface area contributed by atoms with Crippen LogP contribution in [0, 0.1) is 10.1 Å². The Bertz CT molecular complexity index is 754. The molecule has 0 amide bonds. The van der Waals surface area contributed by atoms with Crippen molar-refractivity contribution in [3.63, 3.8) is 0 Å². The standard InChI is InChI=1S/C15H11N3O2S/c19-18(20)13-3-1-11(2-4-13)9-15-17-14(10-21-15)12-5-7-16-8-6-12/h1-8,10H,9H2. The van der Waals surface area contributed by atoms with Crippen LogP contribution in [0.4, 0.5) is 5.69 Å². The van der Waals surface area contributed by atoms with Crippen LogP contribution in [0.1, 0.15) is 10.6 Å². The number of nitrogens with zero attached hydrogens (tertiary/aromatic N) is 3. The zero-order chi connectivity index (χ0) is 14.7. The number of hydrogen-bond donors (Lipinski definition) is 0. The average molecular weight is 297 g/mol. The van der Waals surface area contributed by atoms with Gasteiger partial charge in [0.15, 0.2) is 0 Å². The van der Waals surface area contributed by atoms with Gasteiger partial charge in [0, 0.05) is 41.9 Å². The van der Waals surface area contributed by atoms with Gasteiger partial charge in [-0.2, -0.15) is 0 Å². The number of hydrogen-bond acceptors (Lipinski definition) is 5. The molecule has 1 aromatic carbocycles. The minimum Gasteiger partial charge on any atom is -0.265 e. The normalized spacial score (nSPS) is 10.5. The zero-order valence-corrected chi connectivity index (χ0v) is 11.8. The highest BCUT2D eigenvalue weighted by Gasteiger charge is 2.07. The molecule has 2 heterocycles. The SMILES string of the molecule is O=[N+]([O-])c1ccc(Cc2nc(-c3ccncc3)cs2)cc1. The van der Waals surface area contributed by atoms with E-state index in [1.807, 2.05) is 17.5 Å². The Morgan fingerprint density at radius 2 is 1.81 bits per heavy atom. The van der Waals surface area contributed by atoms with Crippen LogP contribution in [0.3, 0.4) is 0 Å². The molecule has 3 rings (SSSR count). The smallest absolute Gasteiger partial charge is 0.265 e. The van der Waals surface area contributed by atoms with Gasteiger partial charge in [-0.05, 0) is 17.7 Å². The van der Waals surface area contributed by atoms with Crippen LogP contribution >= 0.6 is 11.3 Å². The molecule has 0 aliphatic carbocycles. The number of benzene rings is 1. The van der Waals surface area contributed by atoms with Gasteiger partial charge in [-0.15, -0.1) is 11.3 Å². The molecule has 0 radical (unpaired) electrons. The van der Waals surface area contributed by atoms with Crippen molar-refractivity contribution in [3.05, 3.63) is 74.9 Å². The highest BCUT2D eigenvalue weighted by molar-refractivity contribution is 7.10. The van der Waals surface area contributed by atoms with Crippen LogP contribution in [0.25, 0.3) is 11.3 Å².